The number of hydrogen-bond donors (Lipinski definition) is 2. The number of carbonyl (C=O) groups is 1. The molecule has 1 aliphatic carbocycles. The first kappa shape index (κ1) is 22.6. The Morgan fingerprint density at radius 3 is 2.47 bits per heavy atom. The lowest BCUT2D eigenvalue weighted by atomic mass is 9.86. The van der Waals surface area contributed by atoms with Crippen molar-refractivity contribution >= 4 is 35.1 Å². The Morgan fingerprint density at radius 2 is 1.83 bits per heavy atom. The van der Waals surface area contributed by atoms with Gasteiger partial charge in [0.25, 0.3) is 5.91 Å². The van der Waals surface area contributed by atoms with E-state index in [1.165, 1.54) is 0 Å². The summed E-state index contributed by atoms with van der Waals surface area (Å²) in [5.41, 5.74) is -0.286. The van der Waals surface area contributed by atoms with Crippen LogP contribution in [0.1, 0.15) is 47.3 Å². The Hall–Kier alpha value is -2.06. The number of anilines is 1. The summed E-state index contributed by atoms with van der Waals surface area (Å²) in [6, 6.07) is 4.32. The van der Waals surface area contributed by atoms with Gasteiger partial charge in [0.1, 0.15) is 5.15 Å². The number of amides is 1. The molecule has 0 bridgehead atoms. The number of hydrogen-bond acceptors (Lipinski definition) is 4. The minimum atomic E-state index is -4.53. The molecule has 2 N–H and O–H groups in total. The van der Waals surface area contributed by atoms with Crippen LogP contribution in [0, 0.1) is 12.8 Å². The molecule has 5 nitrogen and oxygen atoms in total. The summed E-state index contributed by atoms with van der Waals surface area (Å²) >= 11 is 11.9. The summed E-state index contributed by atoms with van der Waals surface area (Å²) in [5, 5.41) is 6.37. The molecule has 0 atom stereocenters. The molecule has 1 heterocycles. The van der Waals surface area contributed by atoms with Gasteiger partial charge in [-0.1, -0.05) is 23.2 Å². The minimum Gasteiger partial charge on any atom is -0.354 e. The van der Waals surface area contributed by atoms with Crippen molar-refractivity contribution in [2.24, 2.45) is 5.92 Å². The number of benzene rings is 1. The van der Waals surface area contributed by atoms with Gasteiger partial charge in [-0.2, -0.15) is 13.2 Å². The average Bonchev–Trinajstić information content (AvgIpc) is 2.66. The van der Waals surface area contributed by atoms with E-state index in [9.17, 15) is 18.0 Å². The molecule has 2 aromatic rings. The molecular formula is C20H21Cl2F3N4O. The second-order valence-electron chi connectivity index (χ2n) is 7.42. The fourth-order valence-corrected chi connectivity index (χ4v) is 3.94. The summed E-state index contributed by atoms with van der Waals surface area (Å²) in [5.74, 6) is 0.267. The van der Waals surface area contributed by atoms with Gasteiger partial charge in [-0.3, -0.25) is 4.79 Å². The van der Waals surface area contributed by atoms with E-state index < -0.39 is 17.6 Å². The number of carbonyl (C=O) groups excluding carboxylic acids is 1. The van der Waals surface area contributed by atoms with Crippen LogP contribution in [0.15, 0.2) is 24.3 Å². The van der Waals surface area contributed by atoms with Gasteiger partial charge in [0.2, 0.25) is 5.95 Å². The van der Waals surface area contributed by atoms with Crippen LogP contribution in [0.4, 0.5) is 19.1 Å². The summed E-state index contributed by atoms with van der Waals surface area (Å²) in [6.45, 7) is 2.52. The smallest absolute Gasteiger partial charge is 0.354 e. The summed E-state index contributed by atoms with van der Waals surface area (Å²) in [6.07, 6.45) is -1.37. The van der Waals surface area contributed by atoms with Crippen LogP contribution in [0.2, 0.25) is 10.2 Å². The van der Waals surface area contributed by atoms with Crippen LogP contribution in [-0.4, -0.2) is 28.5 Å². The summed E-state index contributed by atoms with van der Waals surface area (Å²) in [4.78, 5) is 20.9. The van der Waals surface area contributed by atoms with Crippen LogP contribution >= 0.6 is 23.2 Å². The predicted octanol–water partition coefficient (Wildman–Crippen LogP) is 5.51. The quantitative estimate of drug-likeness (QED) is 0.577. The van der Waals surface area contributed by atoms with Gasteiger partial charge >= 0.3 is 6.18 Å². The summed E-state index contributed by atoms with van der Waals surface area (Å²) in [7, 11) is 0. The number of nitrogens with one attached hydrogen (secondary N) is 2. The third-order valence-corrected chi connectivity index (χ3v) is 5.62. The van der Waals surface area contributed by atoms with Crippen molar-refractivity contribution in [3.05, 3.63) is 51.3 Å². The van der Waals surface area contributed by atoms with Gasteiger partial charge in [0, 0.05) is 18.3 Å². The lowest BCUT2D eigenvalue weighted by Crippen LogP contribution is -2.38. The van der Waals surface area contributed by atoms with Crippen molar-refractivity contribution in [3.8, 4) is 0 Å². The van der Waals surface area contributed by atoms with Crippen LogP contribution in [-0.2, 0) is 6.18 Å². The Balaban J connectivity index is 1.51. The fourth-order valence-electron chi connectivity index (χ4n) is 3.49. The molecule has 3 rings (SSSR count). The monoisotopic (exact) mass is 460 g/mol. The first-order valence-electron chi connectivity index (χ1n) is 9.54. The first-order chi connectivity index (χ1) is 14.1. The number of aryl methyl sites for hydroxylation is 1. The molecule has 0 unspecified atom stereocenters. The molecule has 10 heteroatoms. The third-order valence-electron chi connectivity index (χ3n) is 5.09. The van der Waals surface area contributed by atoms with Gasteiger partial charge in [-0.15, -0.1) is 0 Å². The zero-order valence-electron chi connectivity index (χ0n) is 16.2. The van der Waals surface area contributed by atoms with Crippen LogP contribution in [0.3, 0.4) is 0 Å². The maximum atomic E-state index is 12.9. The SMILES string of the molecule is Cc1cc(Cl)nc(NC[C@H]2CC[C@H](NC(=O)c3cc(C(F)(F)F)ccc3Cl)CC2)n1. The van der Waals surface area contributed by atoms with Gasteiger partial charge in [0.15, 0.2) is 0 Å². The van der Waals surface area contributed by atoms with Gasteiger partial charge < -0.3 is 10.6 Å². The Morgan fingerprint density at radius 1 is 1.13 bits per heavy atom. The Bertz CT molecular complexity index is 895. The van der Waals surface area contributed by atoms with Crippen molar-refractivity contribution in [1.29, 1.82) is 0 Å². The second-order valence-corrected chi connectivity index (χ2v) is 8.21. The van der Waals surface area contributed by atoms with E-state index in [1.807, 2.05) is 6.92 Å². The Kier molecular flexibility index (Phi) is 7.08. The van der Waals surface area contributed by atoms with Gasteiger partial charge in [-0.25, -0.2) is 9.97 Å². The molecule has 0 saturated heterocycles. The molecule has 1 aliphatic rings. The van der Waals surface area contributed by atoms with E-state index in [4.69, 9.17) is 23.2 Å². The zero-order valence-corrected chi connectivity index (χ0v) is 17.7. The Labute approximate surface area is 182 Å². The van der Waals surface area contributed by atoms with Crippen molar-refractivity contribution in [2.75, 3.05) is 11.9 Å². The van der Waals surface area contributed by atoms with E-state index >= 15 is 0 Å². The molecule has 162 valence electrons. The van der Waals surface area contributed by atoms with E-state index in [0.29, 0.717) is 23.6 Å². The zero-order chi connectivity index (χ0) is 21.9. The second kappa shape index (κ2) is 9.39. The van der Waals surface area contributed by atoms with E-state index in [2.05, 4.69) is 20.6 Å². The third kappa shape index (κ3) is 5.98. The standard InChI is InChI=1S/C20H21Cl2F3N4O/c1-11-8-17(22)29-19(27-11)26-10-12-2-5-14(6-3-12)28-18(30)15-9-13(20(23,24)25)4-7-16(15)21/h4,7-9,12,14H,2-3,5-6,10H2,1H3,(H,28,30)(H,26,27,29)/t12-,14-. The number of aromatic nitrogens is 2. The van der Waals surface area contributed by atoms with Crippen molar-refractivity contribution in [2.45, 2.75) is 44.8 Å². The number of alkyl halides is 3. The lowest BCUT2D eigenvalue weighted by molar-refractivity contribution is -0.137. The maximum absolute atomic E-state index is 12.9. The highest BCUT2D eigenvalue weighted by Gasteiger charge is 2.32. The molecule has 1 amide bonds. The van der Waals surface area contributed by atoms with E-state index in [1.54, 1.807) is 6.07 Å². The van der Waals surface area contributed by atoms with Crippen molar-refractivity contribution in [1.82, 2.24) is 15.3 Å². The topological polar surface area (TPSA) is 66.9 Å². The van der Waals surface area contributed by atoms with Crippen LogP contribution in [0.5, 0.6) is 0 Å². The minimum absolute atomic E-state index is 0.00444. The van der Waals surface area contributed by atoms with Crippen LogP contribution in [0.25, 0.3) is 0 Å². The highest BCUT2D eigenvalue weighted by atomic mass is 35.5. The van der Waals surface area contributed by atoms with E-state index in [0.717, 1.165) is 49.6 Å². The normalized spacial score (nSPS) is 19.4. The average molecular weight is 461 g/mol. The largest absolute Gasteiger partial charge is 0.416 e. The predicted molar refractivity (Wildman–Crippen MR) is 110 cm³/mol. The highest BCUT2D eigenvalue weighted by molar-refractivity contribution is 6.33. The first-order valence-corrected chi connectivity index (χ1v) is 10.3. The number of rotatable bonds is 5. The molecule has 0 radical (unpaired) electrons. The van der Waals surface area contributed by atoms with Crippen molar-refractivity contribution < 1.29 is 18.0 Å². The molecule has 0 spiro atoms. The maximum Gasteiger partial charge on any atom is 0.416 e. The molecule has 1 saturated carbocycles. The van der Waals surface area contributed by atoms with Crippen molar-refractivity contribution in [3.63, 3.8) is 0 Å². The molecule has 1 aromatic heterocycles. The molecule has 1 aromatic carbocycles. The summed E-state index contributed by atoms with van der Waals surface area (Å²) < 4.78 is 38.7. The lowest BCUT2D eigenvalue weighted by Gasteiger charge is -2.29. The molecular weight excluding hydrogens is 440 g/mol. The van der Waals surface area contributed by atoms with E-state index in [-0.39, 0.29) is 16.6 Å². The molecule has 1 fully saturated rings. The van der Waals surface area contributed by atoms with Gasteiger partial charge in [-0.05, 0) is 62.8 Å². The number of halogens is 5. The fraction of sp³-hybridized carbons (Fsp3) is 0.450. The van der Waals surface area contributed by atoms with Crippen LogP contribution < -0.4 is 10.6 Å². The molecule has 30 heavy (non-hydrogen) atoms. The number of nitrogens with zero attached hydrogens (tertiary/aromatic N) is 2. The highest BCUT2D eigenvalue weighted by Crippen LogP contribution is 2.32. The molecule has 0 aliphatic heterocycles. The van der Waals surface area contributed by atoms with Gasteiger partial charge in [0.05, 0.1) is 16.1 Å².